The van der Waals surface area contributed by atoms with Gasteiger partial charge in [0.1, 0.15) is 0 Å². The third kappa shape index (κ3) is 1.78. The van der Waals surface area contributed by atoms with Crippen molar-refractivity contribution in [2.24, 2.45) is 5.73 Å². The highest BCUT2D eigenvalue weighted by Crippen LogP contribution is 2.31. The van der Waals surface area contributed by atoms with E-state index in [2.05, 4.69) is 35.0 Å². The first kappa shape index (κ1) is 9.96. The molecule has 0 aliphatic carbocycles. The van der Waals surface area contributed by atoms with E-state index in [0.717, 1.165) is 15.1 Å². The van der Waals surface area contributed by atoms with E-state index in [1.54, 1.807) is 17.6 Å². The Balaban J connectivity index is 2.33. The summed E-state index contributed by atoms with van der Waals surface area (Å²) in [4.78, 5) is 2.43. The van der Waals surface area contributed by atoms with Crippen LogP contribution in [-0.4, -0.2) is 0 Å². The summed E-state index contributed by atoms with van der Waals surface area (Å²) in [6, 6.07) is 5.93. The van der Waals surface area contributed by atoms with Gasteiger partial charge < -0.3 is 10.2 Å². The SMILES string of the molecule is Cc1ccc(C(N)c2ccoc2Br)s1. The average Bonchev–Trinajstić information content (AvgIpc) is 2.73. The van der Waals surface area contributed by atoms with Crippen molar-refractivity contribution in [3.8, 4) is 0 Å². The molecule has 2 nitrogen and oxygen atoms in total. The first-order valence-corrected chi connectivity index (χ1v) is 5.84. The Morgan fingerprint density at radius 3 is 2.71 bits per heavy atom. The zero-order valence-corrected chi connectivity index (χ0v) is 10.1. The lowest BCUT2D eigenvalue weighted by Crippen LogP contribution is -2.09. The van der Waals surface area contributed by atoms with Crippen LogP contribution in [0.2, 0.25) is 0 Å². The van der Waals surface area contributed by atoms with Crippen molar-refractivity contribution in [2.45, 2.75) is 13.0 Å². The van der Waals surface area contributed by atoms with Crippen molar-refractivity contribution in [1.29, 1.82) is 0 Å². The molecule has 0 bridgehead atoms. The lowest BCUT2D eigenvalue weighted by Gasteiger charge is -2.06. The molecule has 1 unspecified atom stereocenters. The highest BCUT2D eigenvalue weighted by molar-refractivity contribution is 9.10. The van der Waals surface area contributed by atoms with Crippen molar-refractivity contribution >= 4 is 27.3 Å². The standard InChI is InChI=1S/C10H10BrNOS/c1-6-2-3-8(14-6)9(12)7-4-5-13-10(7)11/h2-5,9H,12H2,1H3. The molecule has 0 saturated heterocycles. The summed E-state index contributed by atoms with van der Waals surface area (Å²) in [5.74, 6) is 0. The average molecular weight is 272 g/mol. The Morgan fingerprint density at radius 2 is 2.21 bits per heavy atom. The number of thiophene rings is 1. The predicted octanol–water partition coefficient (Wildman–Crippen LogP) is 3.46. The van der Waals surface area contributed by atoms with Crippen LogP contribution in [0.1, 0.15) is 21.4 Å². The molecular weight excluding hydrogens is 262 g/mol. The number of nitrogens with two attached hydrogens (primary N) is 1. The van der Waals surface area contributed by atoms with E-state index in [1.807, 2.05) is 6.07 Å². The molecule has 0 aliphatic rings. The van der Waals surface area contributed by atoms with Crippen molar-refractivity contribution in [3.05, 3.63) is 44.4 Å². The molecule has 0 saturated carbocycles. The molecule has 4 heteroatoms. The van der Waals surface area contributed by atoms with Gasteiger partial charge in [-0.1, -0.05) is 0 Å². The number of aryl methyl sites for hydroxylation is 1. The molecule has 0 spiro atoms. The predicted molar refractivity (Wildman–Crippen MR) is 61.5 cm³/mol. The number of furan rings is 1. The number of hydrogen-bond acceptors (Lipinski definition) is 3. The fourth-order valence-electron chi connectivity index (χ4n) is 1.30. The van der Waals surface area contributed by atoms with Gasteiger partial charge in [0.25, 0.3) is 0 Å². The molecule has 2 N–H and O–H groups in total. The molecule has 2 aromatic rings. The van der Waals surface area contributed by atoms with Gasteiger partial charge >= 0.3 is 0 Å². The van der Waals surface area contributed by atoms with E-state index < -0.39 is 0 Å². The van der Waals surface area contributed by atoms with Gasteiger partial charge in [-0.2, -0.15) is 0 Å². The summed E-state index contributed by atoms with van der Waals surface area (Å²) in [7, 11) is 0. The van der Waals surface area contributed by atoms with Gasteiger partial charge in [-0.05, 0) is 41.1 Å². The maximum atomic E-state index is 6.10. The van der Waals surface area contributed by atoms with E-state index in [-0.39, 0.29) is 6.04 Å². The van der Waals surface area contributed by atoms with Crippen molar-refractivity contribution in [2.75, 3.05) is 0 Å². The highest BCUT2D eigenvalue weighted by atomic mass is 79.9. The van der Waals surface area contributed by atoms with E-state index in [0.29, 0.717) is 0 Å². The number of rotatable bonds is 2. The van der Waals surface area contributed by atoms with Crippen LogP contribution in [0.4, 0.5) is 0 Å². The molecule has 0 radical (unpaired) electrons. The topological polar surface area (TPSA) is 39.2 Å². The van der Waals surface area contributed by atoms with Crippen molar-refractivity contribution in [3.63, 3.8) is 0 Å². The van der Waals surface area contributed by atoms with Crippen LogP contribution in [-0.2, 0) is 0 Å². The summed E-state index contributed by atoms with van der Waals surface area (Å²) < 4.78 is 5.87. The molecule has 0 aromatic carbocycles. The summed E-state index contributed by atoms with van der Waals surface area (Å²) in [5.41, 5.74) is 7.09. The first-order chi connectivity index (χ1) is 6.68. The molecule has 2 rings (SSSR count). The molecule has 0 amide bonds. The molecule has 0 aliphatic heterocycles. The Morgan fingerprint density at radius 1 is 1.43 bits per heavy atom. The van der Waals surface area contributed by atoms with Crippen LogP contribution in [0, 0.1) is 6.92 Å². The number of halogens is 1. The Kier molecular flexibility index (Phi) is 2.76. The second-order valence-corrected chi connectivity index (χ2v) is 5.12. The van der Waals surface area contributed by atoms with Crippen molar-refractivity contribution in [1.82, 2.24) is 0 Å². The summed E-state index contributed by atoms with van der Waals surface area (Å²) >= 11 is 5.04. The molecular formula is C10H10BrNOS. The Labute approximate surface area is 94.9 Å². The van der Waals surface area contributed by atoms with Gasteiger partial charge in [-0.15, -0.1) is 11.3 Å². The molecule has 1 atom stereocenters. The minimum atomic E-state index is -0.0955. The van der Waals surface area contributed by atoms with Gasteiger partial charge in [-0.25, -0.2) is 0 Å². The van der Waals surface area contributed by atoms with Crippen LogP contribution in [0.5, 0.6) is 0 Å². The second-order valence-electron chi connectivity index (χ2n) is 3.08. The quantitative estimate of drug-likeness (QED) is 0.909. The third-order valence-corrected chi connectivity index (χ3v) is 3.78. The van der Waals surface area contributed by atoms with E-state index in [9.17, 15) is 0 Å². The van der Waals surface area contributed by atoms with Crippen LogP contribution < -0.4 is 5.73 Å². The zero-order chi connectivity index (χ0) is 10.1. The minimum absolute atomic E-state index is 0.0955. The van der Waals surface area contributed by atoms with Gasteiger partial charge in [-0.3, -0.25) is 0 Å². The molecule has 74 valence electrons. The van der Waals surface area contributed by atoms with Gasteiger partial charge in [0.05, 0.1) is 12.3 Å². The smallest absolute Gasteiger partial charge is 0.174 e. The maximum Gasteiger partial charge on any atom is 0.174 e. The molecule has 0 fully saturated rings. The molecule has 2 aromatic heterocycles. The summed E-state index contributed by atoms with van der Waals surface area (Å²) in [6.45, 7) is 2.07. The van der Waals surface area contributed by atoms with Gasteiger partial charge in [0.2, 0.25) is 0 Å². The fraction of sp³-hybridized carbons (Fsp3) is 0.200. The van der Waals surface area contributed by atoms with E-state index >= 15 is 0 Å². The maximum absolute atomic E-state index is 6.10. The Bertz CT molecular complexity index is 435. The van der Waals surface area contributed by atoms with Crippen LogP contribution in [0.15, 0.2) is 33.5 Å². The third-order valence-electron chi connectivity index (χ3n) is 2.05. The Hall–Kier alpha value is -0.580. The summed E-state index contributed by atoms with van der Waals surface area (Å²) in [6.07, 6.45) is 1.64. The van der Waals surface area contributed by atoms with Crippen LogP contribution >= 0.6 is 27.3 Å². The van der Waals surface area contributed by atoms with Gasteiger partial charge in [0, 0.05) is 15.3 Å². The number of hydrogen-bond donors (Lipinski definition) is 1. The molecule has 14 heavy (non-hydrogen) atoms. The largest absolute Gasteiger partial charge is 0.457 e. The van der Waals surface area contributed by atoms with Crippen LogP contribution in [0.25, 0.3) is 0 Å². The normalized spacial score (nSPS) is 13.1. The summed E-state index contributed by atoms with van der Waals surface area (Å²) in [5, 5.41) is 0. The second kappa shape index (κ2) is 3.88. The lowest BCUT2D eigenvalue weighted by molar-refractivity contribution is 0.535. The van der Waals surface area contributed by atoms with Crippen molar-refractivity contribution < 1.29 is 4.42 Å². The molecule has 2 heterocycles. The first-order valence-electron chi connectivity index (χ1n) is 4.23. The van der Waals surface area contributed by atoms with E-state index in [4.69, 9.17) is 10.2 Å². The van der Waals surface area contributed by atoms with Crippen LogP contribution in [0.3, 0.4) is 0 Å². The van der Waals surface area contributed by atoms with E-state index in [1.165, 1.54) is 4.88 Å². The minimum Gasteiger partial charge on any atom is -0.457 e. The lowest BCUT2D eigenvalue weighted by atomic mass is 10.1. The highest BCUT2D eigenvalue weighted by Gasteiger charge is 2.15. The monoisotopic (exact) mass is 271 g/mol. The zero-order valence-electron chi connectivity index (χ0n) is 7.66. The van der Waals surface area contributed by atoms with Gasteiger partial charge in [0.15, 0.2) is 4.67 Å². The fourth-order valence-corrected chi connectivity index (χ4v) is 2.68.